The van der Waals surface area contributed by atoms with Crippen molar-refractivity contribution in [1.29, 1.82) is 0 Å². The number of hydrogen-bond acceptors (Lipinski definition) is 4. The maximum absolute atomic E-state index is 14.2. The van der Waals surface area contributed by atoms with Crippen LogP contribution in [0.15, 0.2) is 24.3 Å². The molecule has 4 unspecified atom stereocenters. The highest BCUT2D eigenvalue weighted by Gasteiger charge is 2.48. The molecule has 2 aliphatic carbocycles. The van der Waals surface area contributed by atoms with Crippen LogP contribution in [0.3, 0.4) is 0 Å². The van der Waals surface area contributed by atoms with E-state index in [1.54, 1.807) is 25.7 Å². The van der Waals surface area contributed by atoms with Crippen LogP contribution in [0.25, 0.3) is 0 Å². The summed E-state index contributed by atoms with van der Waals surface area (Å²) in [5.41, 5.74) is 1.21. The van der Waals surface area contributed by atoms with Gasteiger partial charge in [-0.25, -0.2) is 4.79 Å². The van der Waals surface area contributed by atoms with E-state index in [9.17, 15) is 14.4 Å². The molecule has 3 rings (SSSR count). The number of alkyl carbamates (subject to hydrolysis) is 1. The molecule has 0 radical (unpaired) electrons. The number of carbonyl (C=O) groups excluding carboxylic acids is 3. The van der Waals surface area contributed by atoms with Crippen molar-refractivity contribution in [2.45, 2.75) is 117 Å². The first-order valence-corrected chi connectivity index (χ1v) is 13.6. The van der Waals surface area contributed by atoms with Gasteiger partial charge in [0.05, 0.1) is 0 Å². The summed E-state index contributed by atoms with van der Waals surface area (Å²) in [7, 11) is 0. The number of benzene rings is 1. The number of nitrogens with zero attached hydrogens (tertiary/aromatic N) is 1. The van der Waals surface area contributed by atoms with Gasteiger partial charge in [-0.15, -0.1) is 0 Å². The molecule has 4 atom stereocenters. The molecule has 0 heterocycles. The van der Waals surface area contributed by atoms with Crippen molar-refractivity contribution in [3.63, 3.8) is 0 Å². The second kappa shape index (κ2) is 11.7. The number of amides is 3. The van der Waals surface area contributed by atoms with Crippen LogP contribution in [0, 0.1) is 18.8 Å². The van der Waals surface area contributed by atoms with Crippen molar-refractivity contribution in [2.24, 2.45) is 11.8 Å². The van der Waals surface area contributed by atoms with Gasteiger partial charge in [0.1, 0.15) is 17.7 Å². The molecule has 0 aliphatic heterocycles. The molecule has 3 amide bonds. The predicted octanol–water partition coefficient (Wildman–Crippen LogP) is 5.27. The van der Waals surface area contributed by atoms with Crippen molar-refractivity contribution in [3.05, 3.63) is 35.4 Å². The molecule has 7 heteroatoms. The molecule has 0 bridgehead atoms. The molecule has 36 heavy (non-hydrogen) atoms. The fourth-order valence-electron chi connectivity index (χ4n) is 5.00. The highest BCUT2D eigenvalue weighted by atomic mass is 16.6. The van der Waals surface area contributed by atoms with E-state index in [1.165, 1.54) is 6.42 Å². The Balaban J connectivity index is 1.94. The summed E-state index contributed by atoms with van der Waals surface area (Å²) in [4.78, 5) is 42.4. The molecule has 7 nitrogen and oxygen atoms in total. The number of aryl methyl sites for hydroxylation is 1. The molecule has 1 aromatic carbocycles. The van der Waals surface area contributed by atoms with Gasteiger partial charge < -0.3 is 20.3 Å². The number of nitrogens with one attached hydrogen (secondary N) is 2. The average molecular weight is 500 g/mol. The quantitative estimate of drug-likeness (QED) is 0.510. The molecule has 200 valence electrons. The summed E-state index contributed by atoms with van der Waals surface area (Å²) in [6.07, 6.45) is 5.56. The third-order valence-corrected chi connectivity index (χ3v) is 7.15. The van der Waals surface area contributed by atoms with Crippen LogP contribution in [0.4, 0.5) is 4.79 Å². The SMILES string of the molecule is Cc1ccc(C(C(=O)NC2CCCCC2)N(C(=O)C(NC(=O)OC(C)(C)C)C(C)C)C2CC2C)cc1. The second-order valence-electron chi connectivity index (χ2n) is 12.1. The Morgan fingerprint density at radius 2 is 1.61 bits per heavy atom. The Bertz CT molecular complexity index is 915. The van der Waals surface area contributed by atoms with E-state index in [-0.39, 0.29) is 29.8 Å². The fourth-order valence-corrected chi connectivity index (χ4v) is 5.00. The van der Waals surface area contributed by atoms with E-state index < -0.39 is 23.8 Å². The summed E-state index contributed by atoms with van der Waals surface area (Å²) in [6.45, 7) is 13.3. The lowest BCUT2D eigenvalue weighted by Crippen LogP contribution is -2.56. The molecule has 2 aliphatic rings. The number of carbonyl (C=O) groups is 3. The predicted molar refractivity (Wildman–Crippen MR) is 141 cm³/mol. The van der Waals surface area contributed by atoms with Gasteiger partial charge in [0.2, 0.25) is 11.8 Å². The molecule has 0 saturated heterocycles. The van der Waals surface area contributed by atoms with Crippen molar-refractivity contribution in [1.82, 2.24) is 15.5 Å². The number of rotatable bonds is 8. The Morgan fingerprint density at radius 3 is 2.11 bits per heavy atom. The largest absolute Gasteiger partial charge is 0.444 e. The standard InChI is InChI=1S/C29H45N3O4/c1-18(2)24(31-28(35)36-29(5,6)7)27(34)32(23-17-20(23)4)25(21-15-13-19(3)14-16-21)26(33)30-22-11-9-8-10-12-22/h13-16,18,20,22-25H,8-12,17H2,1-7H3,(H,30,33)(H,31,35). The Kier molecular flexibility index (Phi) is 9.07. The van der Waals surface area contributed by atoms with Crippen molar-refractivity contribution in [3.8, 4) is 0 Å². The van der Waals surface area contributed by atoms with Gasteiger partial charge in [-0.3, -0.25) is 9.59 Å². The summed E-state index contributed by atoms with van der Waals surface area (Å²) < 4.78 is 5.45. The lowest BCUT2D eigenvalue weighted by Gasteiger charge is -2.37. The zero-order valence-corrected chi connectivity index (χ0v) is 23.1. The molecular weight excluding hydrogens is 454 g/mol. The highest BCUT2D eigenvalue weighted by molar-refractivity contribution is 5.93. The fraction of sp³-hybridized carbons (Fsp3) is 0.690. The number of ether oxygens (including phenoxy) is 1. The van der Waals surface area contributed by atoms with E-state index in [0.717, 1.165) is 43.2 Å². The molecule has 0 aromatic heterocycles. The highest BCUT2D eigenvalue weighted by Crippen LogP contribution is 2.41. The lowest BCUT2D eigenvalue weighted by atomic mass is 9.94. The van der Waals surface area contributed by atoms with Gasteiger partial charge in [0, 0.05) is 12.1 Å². The van der Waals surface area contributed by atoms with E-state index in [0.29, 0.717) is 5.92 Å². The summed E-state index contributed by atoms with van der Waals surface area (Å²) in [5.74, 6) is -0.270. The van der Waals surface area contributed by atoms with Gasteiger partial charge >= 0.3 is 6.09 Å². The zero-order chi connectivity index (χ0) is 26.6. The van der Waals surface area contributed by atoms with Crippen LogP contribution < -0.4 is 10.6 Å². The van der Waals surface area contributed by atoms with Gasteiger partial charge in [-0.1, -0.05) is 69.9 Å². The third kappa shape index (κ3) is 7.47. The topological polar surface area (TPSA) is 87.7 Å². The van der Waals surface area contributed by atoms with Gasteiger partial charge in [-0.05, 0) is 64.4 Å². The van der Waals surface area contributed by atoms with Crippen LogP contribution in [-0.2, 0) is 14.3 Å². The molecule has 0 spiro atoms. The zero-order valence-electron chi connectivity index (χ0n) is 23.1. The second-order valence-corrected chi connectivity index (χ2v) is 12.1. The minimum atomic E-state index is -0.803. The molecule has 2 saturated carbocycles. The average Bonchev–Trinajstić information content (AvgIpc) is 3.51. The van der Waals surface area contributed by atoms with E-state index in [4.69, 9.17) is 4.74 Å². The number of hydrogen-bond donors (Lipinski definition) is 2. The lowest BCUT2D eigenvalue weighted by molar-refractivity contribution is -0.144. The first kappa shape index (κ1) is 28.0. The van der Waals surface area contributed by atoms with Crippen LogP contribution in [-0.4, -0.2) is 46.5 Å². The minimum absolute atomic E-state index is 0.0532. The monoisotopic (exact) mass is 499 g/mol. The smallest absolute Gasteiger partial charge is 0.408 e. The van der Waals surface area contributed by atoms with Gasteiger partial charge in [-0.2, -0.15) is 0 Å². The first-order chi connectivity index (χ1) is 16.9. The molecule has 2 N–H and O–H groups in total. The van der Waals surface area contributed by atoms with Gasteiger partial charge in [0.25, 0.3) is 0 Å². The van der Waals surface area contributed by atoms with Crippen LogP contribution in [0.5, 0.6) is 0 Å². The van der Waals surface area contributed by atoms with Crippen molar-refractivity contribution < 1.29 is 19.1 Å². The maximum Gasteiger partial charge on any atom is 0.408 e. The minimum Gasteiger partial charge on any atom is -0.444 e. The summed E-state index contributed by atoms with van der Waals surface area (Å²) in [6, 6.07) is 6.37. The van der Waals surface area contributed by atoms with Crippen molar-refractivity contribution in [2.75, 3.05) is 0 Å². The Morgan fingerprint density at radius 1 is 1.03 bits per heavy atom. The summed E-state index contributed by atoms with van der Waals surface area (Å²) >= 11 is 0. The Hall–Kier alpha value is -2.57. The van der Waals surface area contributed by atoms with Crippen LogP contribution >= 0.6 is 0 Å². The van der Waals surface area contributed by atoms with Crippen LogP contribution in [0.2, 0.25) is 0 Å². The van der Waals surface area contributed by atoms with Gasteiger partial charge in [0.15, 0.2) is 0 Å². The van der Waals surface area contributed by atoms with Crippen molar-refractivity contribution >= 4 is 17.9 Å². The Labute approximate surface area is 216 Å². The molecular formula is C29H45N3O4. The van der Waals surface area contributed by atoms with Crippen LogP contribution in [0.1, 0.15) is 97.2 Å². The normalized spacial score (nSPS) is 21.9. The summed E-state index contributed by atoms with van der Waals surface area (Å²) in [5, 5.41) is 6.06. The van der Waals surface area contributed by atoms with E-state index in [2.05, 4.69) is 17.6 Å². The van der Waals surface area contributed by atoms with E-state index >= 15 is 0 Å². The third-order valence-electron chi connectivity index (χ3n) is 7.15. The molecule has 2 fully saturated rings. The molecule has 1 aromatic rings. The maximum atomic E-state index is 14.2. The first-order valence-electron chi connectivity index (χ1n) is 13.6. The van der Waals surface area contributed by atoms with E-state index in [1.807, 2.05) is 45.0 Å².